The molecule has 1 N–H and O–H groups in total. The first-order chi connectivity index (χ1) is 11.2. The van der Waals surface area contributed by atoms with E-state index in [2.05, 4.69) is 16.5 Å². The molecule has 23 heavy (non-hydrogen) atoms. The smallest absolute Gasteiger partial charge is 0.101 e. The van der Waals surface area contributed by atoms with Crippen LogP contribution < -0.4 is 5.32 Å². The minimum Gasteiger partial charge on any atom is -0.380 e. The second-order valence-corrected chi connectivity index (χ2v) is 5.62. The third-order valence-corrected chi connectivity index (χ3v) is 3.77. The topological polar surface area (TPSA) is 53.6 Å². The van der Waals surface area contributed by atoms with Crippen molar-refractivity contribution in [3.05, 3.63) is 76.6 Å². The largest absolute Gasteiger partial charge is 0.380 e. The lowest BCUT2D eigenvalue weighted by Gasteiger charge is -2.12. The number of nitriles is 1. The van der Waals surface area contributed by atoms with Crippen molar-refractivity contribution in [3.8, 4) is 11.8 Å². The van der Waals surface area contributed by atoms with Gasteiger partial charge >= 0.3 is 0 Å². The van der Waals surface area contributed by atoms with Gasteiger partial charge in [-0.25, -0.2) is 4.68 Å². The van der Waals surface area contributed by atoms with Crippen LogP contribution >= 0.6 is 11.6 Å². The van der Waals surface area contributed by atoms with Gasteiger partial charge in [0.1, 0.15) is 6.07 Å². The number of benzene rings is 2. The van der Waals surface area contributed by atoms with Gasteiger partial charge < -0.3 is 5.32 Å². The van der Waals surface area contributed by atoms with Crippen LogP contribution in [0.1, 0.15) is 16.8 Å². The first-order valence-corrected chi connectivity index (χ1v) is 7.59. The van der Waals surface area contributed by atoms with Crippen molar-refractivity contribution in [1.29, 1.82) is 5.26 Å². The molecule has 0 atom stereocenters. The summed E-state index contributed by atoms with van der Waals surface area (Å²) in [5, 5.41) is 17.5. The van der Waals surface area contributed by atoms with E-state index in [1.807, 2.05) is 54.2 Å². The molecule has 0 saturated carbocycles. The molecule has 5 heteroatoms. The first-order valence-electron chi connectivity index (χ1n) is 7.21. The van der Waals surface area contributed by atoms with Crippen LogP contribution in [0.3, 0.4) is 0 Å². The molecular weight excluding hydrogens is 308 g/mol. The Labute approximate surface area is 139 Å². The van der Waals surface area contributed by atoms with Gasteiger partial charge in [-0.15, -0.1) is 0 Å². The van der Waals surface area contributed by atoms with Crippen molar-refractivity contribution in [2.45, 2.75) is 13.5 Å². The Kier molecular flexibility index (Phi) is 4.31. The number of anilines is 1. The van der Waals surface area contributed by atoms with E-state index in [4.69, 9.17) is 11.6 Å². The number of halogens is 1. The van der Waals surface area contributed by atoms with Crippen LogP contribution in [-0.4, -0.2) is 9.78 Å². The molecule has 0 saturated heterocycles. The Morgan fingerprint density at radius 1 is 1.22 bits per heavy atom. The standard InChI is InChI=1S/C18H15ClN4/c1-13-8-9-23(22-13)18-5-3-2-4-14(18)12-21-17-7-6-16(19)10-15(17)11-20/h2-10,21H,12H2,1H3. The lowest BCUT2D eigenvalue weighted by molar-refractivity contribution is 0.848. The molecule has 0 aliphatic heterocycles. The number of aryl methyl sites for hydroxylation is 1. The normalized spacial score (nSPS) is 10.3. The van der Waals surface area contributed by atoms with Crippen LogP contribution in [0.25, 0.3) is 5.69 Å². The third kappa shape index (κ3) is 3.36. The van der Waals surface area contributed by atoms with Crippen LogP contribution in [0, 0.1) is 18.3 Å². The van der Waals surface area contributed by atoms with Gasteiger partial charge in [0.25, 0.3) is 0 Å². The summed E-state index contributed by atoms with van der Waals surface area (Å²) in [5.41, 5.74) is 4.38. The molecule has 0 spiro atoms. The van der Waals surface area contributed by atoms with E-state index < -0.39 is 0 Å². The maximum absolute atomic E-state index is 9.21. The molecule has 0 unspecified atom stereocenters. The minimum absolute atomic E-state index is 0.532. The van der Waals surface area contributed by atoms with Gasteiger partial charge in [-0.1, -0.05) is 29.8 Å². The van der Waals surface area contributed by atoms with Gasteiger partial charge in [-0.2, -0.15) is 10.4 Å². The van der Waals surface area contributed by atoms with Gasteiger partial charge in [0, 0.05) is 17.8 Å². The fourth-order valence-corrected chi connectivity index (χ4v) is 2.56. The molecule has 0 bridgehead atoms. The van der Waals surface area contributed by atoms with Crippen LogP contribution in [0.15, 0.2) is 54.7 Å². The van der Waals surface area contributed by atoms with Crippen molar-refractivity contribution < 1.29 is 0 Å². The number of aromatic nitrogens is 2. The molecule has 0 aliphatic carbocycles. The van der Waals surface area contributed by atoms with Crippen LogP contribution in [0.2, 0.25) is 5.02 Å². The number of hydrogen-bond acceptors (Lipinski definition) is 3. The molecule has 3 rings (SSSR count). The van der Waals surface area contributed by atoms with E-state index in [-0.39, 0.29) is 0 Å². The van der Waals surface area contributed by atoms with E-state index in [0.29, 0.717) is 17.1 Å². The second-order valence-electron chi connectivity index (χ2n) is 5.19. The molecule has 2 aromatic carbocycles. The average molecular weight is 323 g/mol. The second kappa shape index (κ2) is 6.55. The lowest BCUT2D eigenvalue weighted by atomic mass is 10.1. The summed E-state index contributed by atoms with van der Waals surface area (Å²) < 4.78 is 1.86. The molecule has 0 fully saturated rings. The summed E-state index contributed by atoms with van der Waals surface area (Å²) in [6, 6.07) is 17.4. The van der Waals surface area contributed by atoms with Gasteiger partial charge in [0.15, 0.2) is 0 Å². The maximum Gasteiger partial charge on any atom is 0.101 e. The zero-order valence-electron chi connectivity index (χ0n) is 12.6. The van der Waals surface area contributed by atoms with Crippen molar-refractivity contribution in [2.75, 3.05) is 5.32 Å². The molecule has 3 aromatic rings. The van der Waals surface area contributed by atoms with Gasteiger partial charge in [-0.3, -0.25) is 0 Å². The van der Waals surface area contributed by atoms with E-state index in [9.17, 15) is 5.26 Å². The zero-order chi connectivity index (χ0) is 16.2. The number of rotatable bonds is 4. The molecule has 4 nitrogen and oxygen atoms in total. The van der Waals surface area contributed by atoms with Gasteiger partial charge in [0.05, 0.1) is 22.6 Å². The summed E-state index contributed by atoms with van der Waals surface area (Å²) in [7, 11) is 0. The van der Waals surface area contributed by atoms with E-state index in [1.54, 1.807) is 12.1 Å². The Morgan fingerprint density at radius 2 is 2.04 bits per heavy atom. The Hall–Kier alpha value is -2.77. The predicted octanol–water partition coefficient (Wildman–Crippen LogP) is 4.32. The van der Waals surface area contributed by atoms with Crippen molar-refractivity contribution in [3.63, 3.8) is 0 Å². The molecule has 0 aliphatic rings. The summed E-state index contributed by atoms with van der Waals surface area (Å²) >= 11 is 5.93. The highest BCUT2D eigenvalue weighted by Crippen LogP contribution is 2.22. The monoisotopic (exact) mass is 322 g/mol. The summed E-state index contributed by atoms with van der Waals surface area (Å²) in [4.78, 5) is 0. The van der Waals surface area contributed by atoms with Crippen molar-refractivity contribution >= 4 is 17.3 Å². The maximum atomic E-state index is 9.21. The number of hydrogen-bond donors (Lipinski definition) is 1. The predicted molar refractivity (Wildman–Crippen MR) is 91.8 cm³/mol. The Morgan fingerprint density at radius 3 is 2.78 bits per heavy atom. The van der Waals surface area contributed by atoms with Crippen molar-refractivity contribution in [1.82, 2.24) is 9.78 Å². The zero-order valence-corrected chi connectivity index (χ0v) is 13.4. The molecular formula is C18H15ClN4. The highest BCUT2D eigenvalue weighted by atomic mass is 35.5. The Balaban J connectivity index is 1.86. The average Bonchev–Trinajstić information content (AvgIpc) is 3.00. The number of para-hydroxylation sites is 1. The van der Waals surface area contributed by atoms with E-state index >= 15 is 0 Å². The number of nitrogens with one attached hydrogen (secondary N) is 1. The lowest BCUT2D eigenvalue weighted by Crippen LogP contribution is -2.06. The van der Waals surface area contributed by atoms with E-state index in [0.717, 1.165) is 22.6 Å². The number of nitrogens with zero attached hydrogens (tertiary/aromatic N) is 3. The molecule has 0 amide bonds. The molecule has 114 valence electrons. The molecule has 1 heterocycles. The fraction of sp³-hybridized carbons (Fsp3) is 0.111. The summed E-state index contributed by atoms with van der Waals surface area (Å²) in [6.07, 6.45) is 1.94. The SMILES string of the molecule is Cc1ccn(-c2ccccc2CNc2ccc(Cl)cc2C#N)n1. The summed E-state index contributed by atoms with van der Waals surface area (Å²) in [5.74, 6) is 0. The van der Waals surface area contributed by atoms with Crippen molar-refractivity contribution in [2.24, 2.45) is 0 Å². The van der Waals surface area contributed by atoms with E-state index in [1.165, 1.54) is 0 Å². The highest BCUT2D eigenvalue weighted by molar-refractivity contribution is 6.30. The fourth-order valence-electron chi connectivity index (χ4n) is 2.39. The van der Waals surface area contributed by atoms with Crippen LogP contribution in [0.5, 0.6) is 0 Å². The van der Waals surface area contributed by atoms with Crippen LogP contribution in [0.4, 0.5) is 5.69 Å². The quantitative estimate of drug-likeness (QED) is 0.778. The highest BCUT2D eigenvalue weighted by Gasteiger charge is 2.07. The molecule has 1 aromatic heterocycles. The molecule has 0 radical (unpaired) electrons. The minimum atomic E-state index is 0.532. The Bertz CT molecular complexity index is 877. The first kappa shape index (κ1) is 15.1. The van der Waals surface area contributed by atoms with Gasteiger partial charge in [-0.05, 0) is 42.8 Å². The summed E-state index contributed by atoms with van der Waals surface area (Å²) in [6.45, 7) is 2.55. The van der Waals surface area contributed by atoms with Crippen LogP contribution in [-0.2, 0) is 6.54 Å². The van der Waals surface area contributed by atoms with Gasteiger partial charge in [0.2, 0.25) is 0 Å². The third-order valence-electron chi connectivity index (χ3n) is 3.53.